The molecular weight excluding hydrogens is 248 g/mol. The number of carbonyl (C=O) groups excluding carboxylic acids is 2. The first-order valence-electron chi connectivity index (χ1n) is 4.76. The lowest BCUT2D eigenvalue weighted by Crippen LogP contribution is -2.69. The minimum Gasteiger partial charge on any atom is -0.498 e. The Balaban J connectivity index is 2.29. The molecule has 0 aromatic heterocycles. The Kier molecular flexibility index (Phi) is 2.97. The summed E-state index contributed by atoms with van der Waals surface area (Å²) in [4.78, 5) is 34.3. The number of fused-ring (bicyclic) bond motifs is 1. The number of methoxy groups -OCH3 is 1. The summed E-state index contributed by atoms with van der Waals surface area (Å²) < 4.78 is 4.96. The van der Waals surface area contributed by atoms with E-state index in [1.54, 1.807) is 0 Å². The van der Waals surface area contributed by atoms with Crippen LogP contribution in [0.1, 0.15) is 0 Å². The zero-order valence-electron chi connectivity index (χ0n) is 8.87. The summed E-state index contributed by atoms with van der Waals surface area (Å²) in [6, 6.07) is -0.648. The van der Waals surface area contributed by atoms with Crippen molar-refractivity contribution in [3.8, 4) is 0 Å². The van der Waals surface area contributed by atoms with E-state index in [2.05, 4.69) is 5.32 Å². The number of β-lactam (4-membered cyclic amide) rings is 1. The van der Waals surface area contributed by atoms with Crippen LogP contribution in [0.3, 0.4) is 0 Å². The fourth-order valence-corrected chi connectivity index (χ4v) is 3.16. The molecule has 0 radical (unpaired) electrons. The Morgan fingerprint density at radius 3 is 2.94 bits per heavy atom. The quantitative estimate of drug-likeness (QED) is 0.494. The molecule has 17 heavy (non-hydrogen) atoms. The number of hydrogen-bond donors (Lipinski definition) is 2. The maximum atomic E-state index is 11.7. The van der Waals surface area contributed by atoms with Crippen molar-refractivity contribution in [2.45, 2.75) is 11.4 Å². The molecule has 1 unspecified atom stereocenters. The third kappa shape index (κ3) is 1.64. The van der Waals surface area contributed by atoms with Gasteiger partial charge in [0, 0.05) is 0 Å². The van der Waals surface area contributed by atoms with E-state index in [0.29, 0.717) is 12.2 Å². The minimum absolute atomic E-state index is 0.134. The first-order chi connectivity index (χ1) is 8.11. The fourth-order valence-electron chi connectivity index (χ4n) is 1.84. The Morgan fingerprint density at radius 1 is 1.71 bits per heavy atom. The largest absolute Gasteiger partial charge is 0.498 e. The van der Waals surface area contributed by atoms with E-state index >= 15 is 0 Å². The van der Waals surface area contributed by atoms with Gasteiger partial charge in [0.05, 0.1) is 12.9 Å². The molecule has 1 saturated heterocycles. The van der Waals surface area contributed by atoms with E-state index in [-0.39, 0.29) is 16.8 Å². The lowest BCUT2D eigenvalue weighted by Gasteiger charge is -2.48. The number of nitrogens with zero attached hydrogens (tertiary/aromatic N) is 1. The molecule has 0 bridgehead atoms. The van der Waals surface area contributed by atoms with Crippen molar-refractivity contribution in [3.63, 3.8) is 0 Å². The molecule has 7 nitrogen and oxygen atoms in total. The van der Waals surface area contributed by atoms with Gasteiger partial charge in [-0.2, -0.15) is 0 Å². The van der Waals surface area contributed by atoms with E-state index in [1.807, 2.05) is 0 Å². The molecule has 0 aromatic carbocycles. The molecule has 0 aromatic rings. The Labute approximate surface area is 101 Å². The lowest BCUT2D eigenvalue weighted by atomic mass is 10.1. The van der Waals surface area contributed by atoms with Gasteiger partial charge in [0.1, 0.15) is 17.2 Å². The van der Waals surface area contributed by atoms with Gasteiger partial charge in [-0.15, -0.1) is 11.8 Å². The smallest absolute Gasteiger partial charge is 0.356 e. The van der Waals surface area contributed by atoms with E-state index in [9.17, 15) is 14.4 Å². The summed E-state index contributed by atoms with van der Waals surface area (Å²) in [5.41, 5.74) is -0.134. The second kappa shape index (κ2) is 4.28. The molecule has 92 valence electrons. The third-order valence-corrected chi connectivity index (χ3v) is 3.88. The minimum atomic E-state index is -1.20. The SMILES string of the molecule is COC1=C(C(=O)O)N2C(=O)C(NC=O)[C@H]2SC1. The average molecular weight is 258 g/mol. The number of ether oxygens (including phenoxy) is 1. The van der Waals surface area contributed by atoms with Gasteiger partial charge in [-0.05, 0) is 0 Å². The summed E-state index contributed by atoms with van der Waals surface area (Å²) in [6.45, 7) is 0. The van der Waals surface area contributed by atoms with Crippen LogP contribution in [-0.2, 0) is 19.1 Å². The topological polar surface area (TPSA) is 95.9 Å². The van der Waals surface area contributed by atoms with Gasteiger partial charge < -0.3 is 15.2 Å². The fraction of sp³-hybridized carbons (Fsp3) is 0.444. The summed E-state index contributed by atoms with van der Waals surface area (Å²) in [6.07, 6.45) is 0.441. The first kappa shape index (κ1) is 11.8. The van der Waals surface area contributed by atoms with Gasteiger partial charge >= 0.3 is 5.97 Å². The summed E-state index contributed by atoms with van der Waals surface area (Å²) in [5, 5.41) is 11.1. The number of carboxylic acid groups (broad SMARTS) is 1. The number of carbonyl (C=O) groups is 3. The molecule has 2 rings (SSSR count). The zero-order chi connectivity index (χ0) is 12.6. The first-order valence-corrected chi connectivity index (χ1v) is 5.81. The van der Waals surface area contributed by atoms with Crippen LogP contribution in [0.25, 0.3) is 0 Å². The van der Waals surface area contributed by atoms with Gasteiger partial charge in [-0.25, -0.2) is 4.79 Å². The Hall–Kier alpha value is -1.70. The Morgan fingerprint density at radius 2 is 2.41 bits per heavy atom. The highest BCUT2D eigenvalue weighted by molar-refractivity contribution is 8.00. The Bertz CT molecular complexity index is 422. The second-order valence-electron chi connectivity index (χ2n) is 3.45. The monoisotopic (exact) mass is 258 g/mol. The van der Waals surface area contributed by atoms with Crippen LogP contribution >= 0.6 is 11.8 Å². The van der Waals surface area contributed by atoms with E-state index < -0.39 is 17.9 Å². The molecule has 2 aliphatic heterocycles. The molecular formula is C9H10N2O5S. The van der Waals surface area contributed by atoms with Crippen LogP contribution < -0.4 is 5.32 Å². The molecule has 0 aliphatic carbocycles. The van der Waals surface area contributed by atoms with Gasteiger partial charge in [-0.1, -0.05) is 0 Å². The number of nitrogens with one attached hydrogen (secondary N) is 1. The molecule has 0 spiro atoms. The van der Waals surface area contributed by atoms with Crippen LogP contribution in [0.4, 0.5) is 0 Å². The highest BCUT2D eigenvalue weighted by atomic mass is 32.2. The second-order valence-corrected chi connectivity index (χ2v) is 4.56. The van der Waals surface area contributed by atoms with Gasteiger partial charge in [-0.3, -0.25) is 14.5 Å². The highest BCUT2D eigenvalue weighted by Gasteiger charge is 2.54. The predicted molar refractivity (Wildman–Crippen MR) is 57.8 cm³/mol. The lowest BCUT2D eigenvalue weighted by molar-refractivity contribution is -0.150. The molecule has 2 N–H and O–H groups in total. The number of carboxylic acids is 1. The standard InChI is InChI=1S/C9H10N2O5S/c1-16-4-2-17-8-5(10-3-12)7(13)11(8)6(4)9(14)15/h3,5,8H,2H2,1H3,(H,10,12)(H,14,15)/t5?,8-/m1/s1. The van der Waals surface area contributed by atoms with Crippen molar-refractivity contribution < 1.29 is 24.2 Å². The molecule has 8 heteroatoms. The van der Waals surface area contributed by atoms with Crippen molar-refractivity contribution in [3.05, 3.63) is 11.5 Å². The van der Waals surface area contributed by atoms with Gasteiger partial charge in [0.25, 0.3) is 5.91 Å². The maximum Gasteiger partial charge on any atom is 0.356 e. The number of hydrogen-bond acceptors (Lipinski definition) is 5. The predicted octanol–water partition coefficient (Wildman–Crippen LogP) is -1.04. The third-order valence-electron chi connectivity index (χ3n) is 2.63. The van der Waals surface area contributed by atoms with Crippen molar-refractivity contribution >= 4 is 30.0 Å². The van der Waals surface area contributed by atoms with E-state index in [1.165, 1.54) is 18.9 Å². The van der Waals surface area contributed by atoms with Gasteiger partial charge in [0.15, 0.2) is 5.70 Å². The van der Waals surface area contributed by atoms with Crippen LogP contribution in [-0.4, -0.2) is 52.6 Å². The molecule has 2 aliphatic rings. The number of aliphatic carboxylic acids is 1. The zero-order valence-corrected chi connectivity index (χ0v) is 9.69. The van der Waals surface area contributed by atoms with Gasteiger partial charge in [0.2, 0.25) is 6.41 Å². The molecule has 0 saturated carbocycles. The highest BCUT2D eigenvalue weighted by Crippen LogP contribution is 2.40. The van der Waals surface area contributed by atoms with Crippen molar-refractivity contribution in [2.75, 3.05) is 12.9 Å². The molecule has 2 amide bonds. The number of rotatable bonds is 4. The van der Waals surface area contributed by atoms with E-state index in [0.717, 1.165) is 4.90 Å². The maximum absolute atomic E-state index is 11.7. The normalized spacial score (nSPS) is 27.1. The van der Waals surface area contributed by atoms with E-state index in [4.69, 9.17) is 9.84 Å². The molecule has 2 heterocycles. The summed E-state index contributed by atoms with van der Waals surface area (Å²) in [7, 11) is 1.37. The number of thioether (sulfide) groups is 1. The van der Waals surface area contributed by atoms with Crippen LogP contribution in [0, 0.1) is 0 Å². The summed E-state index contributed by atoms with van der Waals surface area (Å²) in [5.74, 6) is -1.01. The van der Waals surface area contributed by atoms with Crippen molar-refractivity contribution in [2.24, 2.45) is 0 Å². The van der Waals surface area contributed by atoms with Crippen LogP contribution in [0.15, 0.2) is 11.5 Å². The molecule has 2 atom stereocenters. The van der Waals surface area contributed by atoms with Crippen LogP contribution in [0.2, 0.25) is 0 Å². The average Bonchev–Trinajstić information content (AvgIpc) is 2.33. The molecule has 1 fully saturated rings. The summed E-state index contributed by atoms with van der Waals surface area (Å²) >= 11 is 1.36. The van der Waals surface area contributed by atoms with Crippen molar-refractivity contribution in [1.29, 1.82) is 0 Å². The number of amides is 2. The van der Waals surface area contributed by atoms with Crippen molar-refractivity contribution in [1.82, 2.24) is 10.2 Å². The van der Waals surface area contributed by atoms with Crippen LogP contribution in [0.5, 0.6) is 0 Å².